The van der Waals surface area contributed by atoms with Gasteiger partial charge in [-0.1, -0.05) is 6.92 Å². The summed E-state index contributed by atoms with van der Waals surface area (Å²) in [7, 11) is -2.48. The van der Waals surface area contributed by atoms with Crippen LogP contribution in [-0.2, 0) is 32.4 Å². The molecule has 2 fully saturated rings. The van der Waals surface area contributed by atoms with Crippen molar-refractivity contribution in [3.8, 4) is 5.88 Å². The summed E-state index contributed by atoms with van der Waals surface area (Å²) in [5.41, 5.74) is 6.63. The van der Waals surface area contributed by atoms with Gasteiger partial charge in [0.15, 0.2) is 17.8 Å². The maximum absolute atomic E-state index is 12.8. The van der Waals surface area contributed by atoms with Crippen LogP contribution in [-0.4, -0.2) is 64.6 Å². The summed E-state index contributed by atoms with van der Waals surface area (Å²) >= 11 is 0. The van der Waals surface area contributed by atoms with E-state index >= 15 is 0 Å². The van der Waals surface area contributed by atoms with Gasteiger partial charge in [0.25, 0.3) is 0 Å². The molecular weight excluding hydrogens is 421 g/mol. The van der Waals surface area contributed by atoms with Gasteiger partial charge in [-0.15, -0.1) is 0 Å². The number of imidazole rings is 1. The van der Waals surface area contributed by atoms with Crippen LogP contribution in [0.1, 0.15) is 20.1 Å². The third-order valence-corrected chi connectivity index (χ3v) is 6.23. The zero-order valence-electron chi connectivity index (χ0n) is 16.6. The highest BCUT2D eigenvalue weighted by molar-refractivity contribution is 7.48. The third kappa shape index (κ3) is 3.74. The van der Waals surface area contributed by atoms with Crippen LogP contribution in [0.4, 0.5) is 5.95 Å². The molecule has 164 valence electrons. The van der Waals surface area contributed by atoms with Gasteiger partial charge in [-0.3, -0.25) is 18.1 Å². The van der Waals surface area contributed by atoms with E-state index in [1.807, 2.05) is 6.92 Å². The van der Waals surface area contributed by atoms with Gasteiger partial charge < -0.3 is 19.9 Å². The Labute approximate surface area is 171 Å². The molecule has 0 aliphatic carbocycles. The molecule has 5 atom stereocenters. The minimum absolute atomic E-state index is 0.0283. The third-order valence-electron chi connectivity index (χ3n) is 4.82. The Balaban J connectivity index is 1.54. The van der Waals surface area contributed by atoms with E-state index in [0.717, 1.165) is 0 Å². The maximum Gasteiger partial charge on any atom is 0.475 e. The lowest BCUT2D eigenvalue weighted by atomic mass is 10.0. The molecule has 2 aromatic heterocycles. The lowest BCUT2D eigenvalue weighted by Crippen LogP contribution is -2.36. The van der Waals surface area contributed by atoms with E-state index < -0.39 is 38.8 Å². The van der Waals surface area contributed by atoms with Gasteiger partial charge in [-0.25, -0.2) is 14.3 Å². The van der Waals surface area contributed by atoms with Crippen molar-refractivity contribution in [3.63, 3.8) is 0 Å². The first kappa shape index (κ1) is 20.9. The fraction of sp³-hybridized carbons (Fsp3) is 0.625. The molecule has 2 N–H and O–H groups in total. The number of hydrogen-bond donors (Lipinski definition) is 1. The molecule has 4 heterocycles. The van der Waals surface area contributed by atoms with E-state index in [9.17, 15) is 9.36 Å². The molecule has 2 aromatic rings. The number of phosphoric acid groups is 1. The number of fused-ring (bicyclic) bond motifs is 2. The van der Waals surface area contributed by atoms with Crippen molar-refractivity contribution in [1.82, 2.24) is 19.5 Å². The number of ether oxygens (including phenoxy) is 3. The molecule has 4 rings (SSSR count). The summed E-state index contributed by atoms with van der Waals surface area (Å²) in [6, 6.07) is 0. The molecule has 2 aliphatic rings. The van der Waals surface area contributed by atoms with Crippen molar-refractivity contribution in [2.75, 3.05) is 32.7 Å². The van der Waals surface area contributed by atoms with Gasteiger partial charge in [0.05, 0.1) is 26.7 Å². The van der Waals surface area contributed by atoms with Crippen LogP contribution in [0.2, 0.25) is 0 Å². The quantitative estimate of drug-likeness (QED) is 0.500. The second-order valence-corrected chi connectivity index (χ2v) is 8.35. The van der Waals surface area contributed by atoms with Crippen LogP contribution in [0.15, 0.2) is 6.33 Å². The van der Waals surface area contributed by atoms with E-state index in [1.54, 1.807) is 11.5 Å². The van der Waals surface area contributed by atoms with Crippen molar-refractivity contribution in [2.45, 2.75) is 32.3 Å². The van der Waals surface area contributed by atoms with Crippen LogP contribution in [0, 0.1) is 5.92 Å². The molecule has 0 spiro atoms. The molecule has 0 bridgehead atoms. The summed E-state index contributed by atoms with van der Waals surface area (Å²) < 4.78 is 46.4. The van der Waals surface area contributed by atoms with E-state index in [1.165, 1.54) is 13.4 Å². The summed E-state index contributed by atoms with van der Waals surface area (Å²) in [5, 5.41) is 0. The number of aromatic nitrogens is 4. The Morgan fingerprint density at radius 1 is 1.43 bits per heavy atom. The number of nitrogen functional groups attached to an aromatic ring is 1. The standard InChI is InChI=1S/C16H22N5O8P/c1-4-25-10(22)6-27-30(23)26-5-9-12(29-30)8(2)15(28-9)21-7-18-11-13(21)19-16(17)20-14(11)24-3/h7-9,12,15H,4-6H2,1-3H3,(H2,17,19,20)/t8-,9+,12-,15+,30?/m0/s1. The van der Waals surface area contributed by atoms with Gasteiger partial charge in [0.1, 0.15) is 18.4 Å². The zero-order chi connectivity index (χ0) is 21.5. The van der Waals surface area contributed by atoms with Crippen LogP contribution in [0.3, 0.4) is 0 Å². The first-order chi connectivity index (χ1) is 14.3. The molecule has 30 heavy (non-hydrogen) atoms. The molecule has 0 aromatic carbocycles. The normalized spacial score (nSPS) is 30.9. The first-order valence-electron chi connectivity index (χ1n) is 9.28. The SMILES string of the molecule is CCOC(=O)COP1(=O)OC[C@H]2O[C@@H](n3cnc4c(OC)nc(N)nc43)[C@@H](C)[C@@H]2O1. The number of esters is 1. The second kappa shape index (κ2) is 8.08. The monoisotopic (exact) mass is 443 g/mol. The maximum atomic E-state index is 12.8. The van der Waals surface area contributed by atoms with Crippen molar-refractivity contribution in [2.24, 2.45) is 5.92 Å². The smallest absolute Gasteiger partial charge is 0.475 e. The van der Waals surface area contributed by atoms with E-state index in [2.05, 4.69) is 15.0 Å². The first-order valence-corrected chi connectivity index (χ1v) is 10.7. The van der Waals surface area contributed by atoms with Gasteiger partial charge in [0.2, 0.25) is 11.8 Å². The number of carbonyl (C=O) groups is 1. The number of methoxy groups -OCH3 is 1. The molecule has 13 nitrogen and oxygen atoms in total. The van der Waals surface area contributed by atoms with Crippen LogP contribution < -0.4 is 10.5 Å². The van der Waals surface area contributed by atoms with Crippen molar-refractivity contribution in [3.05, 3.63) is 6.33 Å². The van der Waals surface area contributed by atoms with Gasteiger partial charge in [-0.05, 0) is 6.92 Å². The van der Waals surface area contributed by atoms with E-state index in [4.69, 9.17) is 33.5 Å². The van der Waals surface area contributed by atoms with Gasteiger partial charge in [0, 0.05) is 5.92 Å². The highest BCUT2D eigenvalue weighted by Crippen LogP contribution is 2.57. The highest BCUT2D eigenvalue weighted by atomic mass is 31.2. The molecule has 14 heteroatoms. The molecule has 2 aliphatic heterocycles. The number of anilines is 1. The molecule has 0 radical (unpaired) electrons. The van der Waals surface area contributed by atoms with Crippen LogP contribution >= 0.6 is 7.82 Å². The Hall–Kier alpha value is -2.31. The fourth-order valence-corrected chi connectivity index (χ4v) is 4.89. The lowest BCUT2D eigenvalue weighted by molar-refractivity contribution is -0.147. The Kier molecular flexibility index (Phi) is 5.64. The highest BCUT2D eigenvalue weighted by Gasteiger charge is 2.52. The summed E-state index contributed by atoms with van der Waals surface area (Å²) in [6.07, 6.45) is -0.117. The average Bonchev–Trinajstić information content (AvgIpc) is 3.27. The number of nitrogens with two attached hydrogens (primary N) is 1. The van der Waals surface area contributed by atoms with Crippen molar-refractivity contribution in [1.29, 1.82) is 0 Å². The van der Waals surface area contributed by atoms with E-state index in [-0.39, 0.29) is 31.0 Å². The Morgan fingerprint density at radius 3 is 2.97 bits per heavy atom. The summed E-state index contributed by atoms with van der Waals surface area (Å²) in [4.78, 5) is 24.0. The molecule has 1 unspecified atom stereocenters. The predicted octanol–water partition coefficient (Wildman–Crippen LogP) is 1.05. The minimum atomic E-state index is -3.94. The number of carbonyl (C=O) groups excluding carboxylic acids is 1. The van der Waals surface area contributed by atoms with E-state index in [0.29, 0.717) is 11.2 Å². The molecule has 2 saturated heterocycles. The number of rotatable bonds is 6. The number of nitrogens with zero attached hydrogens (tertiary/aromatic N) is 4. The second-order valence-electron chi connectivity index (χ2n) is 6.73. The van der Waals surface area contributed by atoms with Gasteiger partial charge in [-0.2, -0.15) is 9.97 Å². The minimum Gasteiger partial charge on any atom is -0.479 e. The molecule has 0 amide bonds. The lowest BCUT2D eigenvalue weighted by Gasteiger charge is -2.31. The largest absolute Gasteiger partial charge is 0.479 e. The Bertz CT molecular complexity index is 999. The number of hydrogen-bond acceptors (Lipinski definition) is 12. The number of phosphoric ester groups is 1. The summed E-state index contributed by atoms with van der Waals surface area (Å²) in [5.74, 6) is -0.666. The molecule has 0 saturated carbocycles. The Morgan fingerprint density at radius 2 is 2.23 bits per heavy atom. The topological polar surface area (TPSA) is 159 Å². The summed E-state index contributed by atoms with van der Waals surface area (Å²) in [6.45, 7) is 3.14. The fourth-order valence-electron chi connectivity index (χ4n) is 3.48. The predicted molar refractivity (Wildman–Crippen MR) is 100 cm³/mol. The van der Waals surface area contributed by atoms with Crippen LogP contribution in [0.25, 0.3) is 11.2 Å². The zero-order valence-corrected chi connectivity index (χ0v) is 17.5. The van der Waals surface area contributed by atoms with Gasteiger partial charge >= 0.3 is 13.8 Å². The molecular formula is C16H22N5O8P. The van der Waals surface area contributed by atoms with Crippen LogP contribution in [0.5, 0.6) is 5.88 Å². The van der Waals surface area contributed by atoms with Crippen molar-refractivity contribution < 1.29 is 37.1 Å². The average molecular weight is 443 g/mol. The van der Waals surface area contributed by atoms with Crippen molar-refractivity contribution >= 4 is 30.9 Å².